The third-order valence-corrected chi connectivity index (χ3v) is 6.50. The molecule has 158 valence electrons. The molecule has 0 aliphatic carbocycles. The van der Waals surface area contributed by atoms with Gasteiger partial charge < -0.3 is 4.57 Å². The Morgan fingerprint density at radius 3 is 2.59 bits per heavy atom. The van der Waals surface area contributed by atoms with E-state index in [0.717, 1.165) is 28.2 Å². The van der Waals surface area contributed by atoms with Crippen molar-refractivity contribution in [2.45, 2.75) is 13.8 Å². The van der Waals surface area contributed by atoms with Gasteiger partial charge in [0.15, 0.2) is 5.84 Å². The van der Waals surface area contributed by atoms with Crippen molar-refractivity contribution in [1.82, 2.24) is 9.58 Å². The van der Waals surface area contributed by atoms with Crippen LogP contribution in [-0.2, 0) is 4.79 Å². The number of hydrogen-bond donors (Lipinski definition) is 1. The number of carbonyl (C=O) groups excluding carboxylic acids is 1. The summed E-state index contributed by atoms with van der Waals surface area (Å²) in [6, 6.07) is 19.3. The van der Waals surface area contributed by atoms with Crippen molar-refractivity contribution in [3.05, 3.63) is 93.8 Å². The summed E-state index contributed by atoms with van der Waals surface area (Å²) in [6.45, 7) is 3.97. The molecule has 0 bridgehead atoms. The van der Waals surface area contributed by atoms with Crippen LogP contribution in [0.4, 0.5) is 0 Å². The molecule has 1 amide bonds. The highest BCUT2D eigenvalue weighted by atomic mass is 35.5. The van der Waals surface area contributed by atoms with Gasteiger partial charge in [-0.15, -0.1) is 0 Å². The molecule has 0 unspecified atom stereocenters. The van der Waals surface area contributed by atoms with Crippen molar-refractivity contribution in [2.75, 3.05) is 0 Å². The minimum Gasteiger partial charge on any atom is -0.318 e. The molecule has 0 fully saturated rings. The molecule has 0 spiro atoms. The van der Waals surface area contributed by atoms with Gasteiger partial charge in [0.1, 0.15) is 5.04 Å². The first-order valence-electron chi connectivity index (χ1n) is 9.93. The fraction of sp³-hybridized carbons (Fsp3) is 0.0833. The quantitative estimate of drug-likeness (QED) is 0.532. The van der Waals surface area contributed by atoms with Gasteiger partial charge in [-0.25, -0.2) is 0 Å². The van der Waals surface area contributed by atoms with Crippen molar-refractivity contribution in [3.63, 3.8) is 0 Å². The highest BCUT2D eigenvalue weighted by Gasteiger charge is 2.36. The molecule has 32 heavy (non-hydrogen) atoms. The number of aliphatic imine (C=N–C) groups is 1. The van der Waals surface area contributed by atoms with E-state index >= 15 is 0 Å². The molecule has 6 nitrogen and oxygen atoms in total. The van der Waals surface area contributed by atoms with Crippen LogP contribution in [0.3, 0.4) is 0 Å². The topological polar surface area (TPSA) is 73.8 Å². The van der Waals surface area contributed by atoms with Gasteiger partial charge in [0.25, 0.3) is 5.91 Å². The second-order valence-corrected chi connectivity index (χ2v) is 8.83. The predicted octanol–water partition coefficient (Wildman–Crippen LogP) is 5.42. The zero-order chi connectivity index (χ0) is 22.4. The Balaban J connectivity index is 1.52. The number of benzene rings is 2. The summed E-state index contributed by atoms with van der Waals surface area (Å²) in [5.41, 5.74) is 4.85. The summed E-state index contributed by atoms with van der Waals surface area (Å²) in [4.78, 5) is 17.0. The molecule has 0 atom stereocenters. The second-order valence-electron chi connectivity index (χ2n) is 7.43. The molecule has 2 aliphatic heterocycles. The monoisotopic (exact) mass is 459 g/mol. The summed E-state index contributed by atoms with van der Waals surface area (Å²) in [5, 5.41) is 16.4. The fourth-order valence-electron chi connectivity index (χ4n) is 3.79. The van der Waals surface area contributed by atoms with Gasteiger partial charge >= 0.3 is 0 Å². The third-order valence-electron chi connectivity index (χ3n) is 5.31. The largest absolute Gasteiger partial charge is 0.318 e. The van der Waals surface area contributed by atoms with Gasteiger partial charge in [0.05, 0.1) is 5.57 Å². The van der Waals surface area contributed by atoms with Crippen molar-refractivity contribution >= 4 is 51.4 Å². The van der Waals surface area contributed by atoms with Crippen LogP contribution < -0.4 is 0 Å². The van der Waals surface area contributed by atoms with Crippen LogP contribution in [0.1, 0.15) is 22.5 Å². The highest BCUT2D eigenvalue weighted by Crippen LogP contribution is 2.32. The summed E-state index contributed by atoms with van der Waals surface area (Å²) < 4.78 is 2.07. The van der Waals surface area contributed by atoms with Gasteiger partial charge in [-0.1, -0.05) is 48.0 Å². The number of aryl methyl sites for hydroxylation is 1. The average Bonchev–Trinajstić information content (AvgIpc) is 3.32. The van der Waals surface area contributed by atoms with Gasteiger partial charge in [0, 0.05) is 27.7 Å². The third kappa shape index (κ3) is 3.49. The predicted molar refractivity (Wildman–Crippen MR) is 131 cm³/mol. The molecule has 5 rings (SSSR count). The number of halogens is 1. The number of nitrogens with zero attached hydrogens (tertiary/aromatic N) is 4. The van der Waals surface area contributed by atoms with Gasteiger partial charge in [0.2, 0.25) is 5.17 Å². The van der Waals surface area contributed by atoms with Crippen LogP contribution in [0, 0.1) is 19.3 Å². The number of rotatable bonds is 3. The van der Waals surface area contributed by atoms with Crippen LogP contribution in [0.25, 0.3) is 11.8 Å². The molecule has 0 saturated carbocycles. The Morgan fingerprint density at radius 1 is 1.06 bits per heavy atom. The lowest BCUT2D eigenvalue weighted by atomic mass is 10.1. The number of nitrogens with one attached hydrogen (secondary N) is 1. The number of fused-ring (bicyclic) bond motifs is 1. The van der Waals surface area contributed by atoms with E-state index in [1.807, 2.05) is 74.5 Å². The van der Waals surface area contributed by atoms with Crippen molar-refractivity contribution in [2.24, 2.45) is 10.1 Å². The van der Waals surface area contributed by atoms with Crippen molar-refractivity contribution in [1.29, 1.82) is 5.41 Å². The Bertz CT molecular complexity index is 1370. The Kier molecular flexibility index (Phi) is 5.07. The zero-order valence-corrected chi connectivity index (χ0v) is 18.9. The van der Waals surface area contributed by atoms with Crippen LogP contribution in [0.2, 0.25) is 5.02 Å². The minimum atomic E-state index is -0.439. The molecule has 0 saturated heterocycles. The molecular weight excluding hydrogens is 442 g/mol. The lowest BCUT2D eigenvalue weighted by molar-refractivity contribution is -0.114. The number of amidine groups is 2. The first-order valence-corrected chi connectivity index (χ1v) is 11.1. The van der Waals surface area contributed by atoms with E-state index < -0.39 is 5.91 Å². The van der Waals surface area contributed by atoms with E-state index in [2.05, 4.69) is 14.7 Å². The summed E-state index contributed by atoms with van der Waals surface area (Å²) >= 11 is 7.47. The molecular formula is C24H18ClN5OS. The van der Waals surface area contributed by atoms with Crippen molar-refractivity contribution < 1.29 is 4.79 Å². The van der Waals surface area contributed by atoms with Gasteiger partial charge in [-0.2, -0.15) is 15.1 Å². The van der Waals surface area contributed by atoms with Crippen molar-refractivity contribution in [3.8, 4) is 5.69 Å². The van der Waals surface area contributed by atoms with E-state index in [1.54, 1.807) is 6.08 Å². The average molecular weight is 460 g/mol. The SMILES string of the molecule is Cc1cc(/C=C2/C(=N)N3N=C(c4ccccc4)SC3=NC2=O)c(C)n1-c1cccc(Cl)c1. The molecule has 3 heterocycles. The van der Waals surface area contributed by atoms with Gasteiger partial charge in [-0.05, 0) is 61.5 Å². The minimum absolute atomic E-state index is 0.0194. The lowest BCUT2D eigenvalue weighted by Crippen LogP contribution is -2.35. The molecule has 2 aromatic carbocycles. The first-order chi connectivity index (χ1) is 15.4. The van der Waals surface area contributed by atoms with E-state index in [4.69, 9.17) is 17.0 Å². The number of thioether (sulfide) groups is 1. The van der Waals surface area contributed by atoms with Crippen LogP contribution in [-0.4, -0.2) is 31.5 Å². The number of aromatic nitrogens is 1. The Hall–Kier alpha value is -3.42. The lowest BCUT2D eigenvalue weighted by Gasteiger charge is -2.20. The summed E-state index contributed by atoms with van der Waals surface area (Å²) in [7, 11) is 0. The van der Waals surface area contributed by atoms with Gasteiger partial charge in [-0.3, -0.25) is 10.2 Å². The first kappa shape index (κ1) is 20.5. The maximum absolute atomic E-state index is 12.8. The Morgan fingerprint density at radius 2 is 1.84 bits per heavy atom. The van der Waals surface area contributed by atoms with Crippen LogP contribution >= 0.6 is 23.4 Å². The molecule has 8 heteroatoms. The smallest absolute Gasteiger partial charge is 0.283 e. The molecule has 0 radical (unpaired) electrons. The van der Waals surface area contributed by atoms with E-state index in [1.165, 1.54) is 16.8 Å². The second kappa shape index (κ2) is 7.93. The summed E-state index contributed by atoms with van der Waals surface area (Å²) in [5.74, 6) is -0.420. The number of hydrazone groups is 1. The Labute approximate surface area is 194 Å². The molecule has 3 aromatic rings. The van der Waals surface area contributed by atoms with E-state index in [0.29, 0.717) is 15.2 Å². The maximum Gasteiger partial charge on any atom is 0.283 e. The van der Waals surface area contributed by atoms with Crippen LogP contribution in [0.15, 0.2) is 76.3 Å². The number of hydrogen-bond acceptors (Lipinski definition) is 4. The standard InChI is InChI=1S/C24H18ClN5OS/c1-14-11-17(15(2)29(14)19-10-6-9-18(25)13-19)12-20-21(26)30-24(27-22(20)31)32-23(28-30)16-7-4-3-5-8-16/h3-13,26H,1-2H3/b20-12-,26-21?. The fourth-order valence-corrected chi connectivity index (χ4v) is 4.87. The highest BCUT2D eigenvalue weighted by molar-refractivity contribution is 8.27. The van der Waals surface area contributed by atoms with Crippen LogP contribution in [0.5, 0.6) is 0 Å². The maximum atomic E-state index is 12.8. The number of amides is 1. The zero-order valence-electron chi connectivity index (χ0n) is 17.3. The molecule has 2 aliphatic rings. The molecule has 1 N–H and O–H groups in total. The van der Waals surface area contributed by atoms with E-state index in [-0.39, 0.29) is 11.4 Å². The normalized spacial score (nSPS) is 17.0. The van der Waals surface area contributed by atoms with E-state index in [9.17, 15) is 4.79 Å². The number of carbonyl (C=O) groups is 1. The summed E-state index contributed by atoms with van der Waals surface area (Å²) in [6.07, 6.45) is 1.72. The molecule has 1 aromatic heterocycles.